The number of nitrogens with one attached hydrogen (secondary N) is 2. The first-order valence-electron chi connectivity index (χ1n) is 10.9. The van der Waals surface area contributed by atoms with Crippen molar-refractivity contribution >= 4 is 49.2 Å². The lowest BCUT2D eigenvalue weighted by atomic mass is 10.0. The molecule has 36 heavy (non-hydrogen) atoms. The molecule has 0 bridgehead atoms. The quantitative estimate of drug-likeness (QED) is 0.309. The van der Waals surface area contributed by atoms with Gasteiger partial charge in [0.15, 0.2) is 15.5 Å². The predicted molar refractivity (Wildman–Crippen MR) is 135 cm³/mol. The van der Waals surface area contributed by atoms with Crippen LogP contribution < -0.4 is 15.8 Å². The molecule has 0 radical (unpaired) electrons. The van der Waals surface area contributed by atoms with E-state index < -0.39 is 15.7 Å². The maximum atomic E-state index is 14.3. The van der Waals surface area contributed by atoms with Gasteiger partial charge in [0, 0.05) is 29.3 Å². The van der Waals surface area contributed by atoms with E-state index >= 15 is 0 Å². The number of hydrogen-bond acceptors (Lipinski definition) is 9. The lowest BCUT2D eigenvalue weighted by Crippen LogP contribution is -2.07. The van der Waals surface area contributed by atoms with Crippen molar-refractivity contribution in [2.24, 2.45) is 0 Å². The number of ether oxygens (including phenoxy) is 1. The van der Waals surface area contributed by atoms with Gasteiger partial charge in [-0.1, -0.05) is 0 Å². The lowest BCUT2D eigenvalue weighted by molar-refractivity contribution is 0.415. The number of fused-ring (bicyclic) bond motifs is 2. The predicted octanol–water partition coefficient (Wildman–Crippen LogP) is 3.83. The summed E-state index contributed by atoms with van der Waals surface area (Å²) in [5.74, 6) is 0.209. The number of methoxy groups -OCH3 is 1. The summed E-state index contributed by atoms with van der Waals surface area (Å²) in [7, 11) is -1.98. The number of aromatic amines is 1. The molecule has 0 aliphatic rings. The van der Waals surface area contributed by atoms with E-state index in [1.807, 2.05) is 13.8 Å². The highest BCUT2D eigenvalue weighted by Crippen LogP contribution is 2.37. The molecule has 0 spiro atoms. The number of nitrogens with zero attached hydrogens (tertiary/aromatic N) is 5. The highest BCUT2D eigenvalue weighted by molar-refractivity contribution is 7.90. The van der Waals surface area contributed by atoms with E-state index in [0.29, 0.717) is 39.1 Å². The first kappa shape index (κ1) is 23.5. The smallest absolute Gasteiger partial charge is 0.231 e. The summed E-state index contributed by atoms with van der Waals surface area (Å²) in [6.07, 6.45) is 2.66. The third-order valence-electron chi connectivity index (χ3n) is 5.74. The fourth-order valence-corrected chi connectivity index (χ4v) is 4.64. The van der Waals surface area contributed by atoms with Gasteiger partial charge in [0.05, 0.1) is 29.3 Å². The van der Waals surface area contributed by atoms with E-state index in [9.17, 15) is 12.8 Å². The van der Waals surface area contributed by atoms with Crippen LogP contribution in [0.25, 0.3) is 33.2 Å². The summed E-state index contributed by atoms with van der Waals surface area (Å²) in [6.45, 7) is 3.90. The highest BCUT2D eigenvalue weighted by Gasteiger charge is 2.23. The number of hydrogen-bond donors (Lipinski definition) is 3. The minimum Gasteiger partial charge on any atom is -0.495 e. The lowest BCUT2D eigenvalue weighted by Gasteiger charge is -2.12. The number of nitrogen functional groups attached to an aromatic ring is 1. The van der Waals surface area contributed by atoms with Gasteiger partial charge in [-0.05, 0) is 38.1 Å². The fourth-order valence-electron chi connectivity index (χ4n) is 4.00. The molecule has 0 saturated carbocycles. The molecule has 0 unspecified atom stereocenters. The zero-order chi connectivity index (χ0) is 25.8. The van der Waals surface area contributed by atoms with Gasteiger partial charge < -0.3 is 15.8 Å². The molecule has 3 heterocycles. The van der Waals surface area contributed by atoms with Crippen LogP contribution in [0.5, 0.6) is 5.75 Å². The molecular weight excluding hydrogens is 487 g/mol. The van der Waals surface area contributed by atoms with E-state index in [-0.39, 0.29) is 28.2 Å². The van der Waals surface area contributed by atoms with Crippen molar-refractivity contribution in [3.05, 3.63) is 42.3 Å². The third kappa shape index (κ3) is 3.86. The van der Waals surface area contributed by atoms with Gasteiger partial charge >= 0.3 is 0 Å². The Morgan fingerprint density at radius 1 is 1.19 bits per heavy atom. The highest BCUT2D eigenvalue weighted by atomic mass is 32.2. The van der Waals surface area contributed by atoms with Gasteiger partial charge in [-0.15, -0.1) is 0 Å². The Morgan fingerprint density at radius 3 is 2.67 bits per heavy atom. The summed E-state index contributed by atoms with van der Waals surface area (Å²) in [4.78, 5) is 9.19. The van der Waals surface area contributed by atoms with Crippen molar-refractivity contribution in [2.75, 3.05) is 24.4 Å². The molecule has 186 valence electrons. The topological polar surface area (TPSA) is 154 Å². The van der Waals surface area contributed by atoms with Crippen LogP contribution in [0.4, 0.5) is 21.8 Å². The Balaban J connectivity index is 1.66. The van der Waals surface area contributed by atoms with E-state index in [4.69, 9.17) is 15.6 Å². The zero-order valence-electron chi connectivity index (χ0n) is 19.9. The minimum atomic E-state index is -3.41. The minimum absolute atomic E-state index is 0.0766. The average molecular weight is 511 g/mol. The standard InChI is InChI=1S/C23H23FN8O3S/c1-11(2)32-22-18(20(31-32)13-6-7-15(24)19-14(13)10-26-30-19)21(25)28-23(29-22)27-16-8-5-12(36(4,33)34)9-17(16)35-3/h5-11H,1-4H3,(H,26,30)(H3,25,27,28,29). The van der Waals surface area contributed by atoms with E-state index in [1.165, 1.54) is 31.5 Å². The van der Waals surface area contributed by atoms with E-state index in [0.717, 1.165) is 6.26 Å². The Bertz CT molecular complexity index is 1740. The Labute approximate surface area is 205 Å². The fraction of sp³-hybridized carbons (Fsp3) is 0.217. The second-order valence-electron chi connectivity index (χ2n) is 8.53. The molecule has 0 fully saturated rings. The van der Waals surface area contributed by atoms with Crippen molar-refractivity contribution in [1.29, 1.82) is 0 Å². The molecule has 4 N–H and O–H groups in total. The van der Waals surface area contributed by atoms with Gasteiger partial charge in [0.25, 0.3) is 0 Å². The van der Waals surface area contributed by atoms with Crippen molar-refractivity contribution in [2.45, 2.75) is 24.8 Å². The van der Waals surface area contributed by atoms with E-state index in [1.54, 1.807) is 16.8 Å². The molecule has 2 aromatic carbocycles. The normalized spacial score (nSPS) is 12.1. The van der Waals surface area contributed by atoms with Crippen LogP contribution in [0.2, 0.25) is 0 Å². The van der Waals surface area contributed by atoms with Crippen LogP contribution in [-0.2, 0) is 9.84 Å². The molecule has 0 amide bonds. The molecular formula is C23H23FN8O3S. The number of benzene rings is 2. The molecule has 5 rings (SSSR count). The van der Waals surface area contributed by atoms with Crippen LogP contribution in [-0.4, -0.2) is 51.7 Å². The Hall–Kier alpha value is -4.26. The van der Waals surface area contributed by atoms with Gasteiger partial charge in [0.1, 0.15) is 28.6 Å². The van der Waals surface area contributed by atoms with Crippen LogP contribution in [0.1, 0.15) is 19.9 Å². The number of halogens is 1. The van der Waals surface area contributed by atoms with E-state index in [2.05, 4.69) is 25.5 Å². The second-order valence-corrected chi connectivity index (χ2v) is 10.5. The Kier molecular flexibility index (Phi) is 5.51. The molecule has 5 aromatic rings. The largest absolute Gasteiger partial charge is 0.495 e. The molecule has 13 heteroatoms. The molecule has 3 aromatic heterocycles. The van der Waals surface area contributed by atoms with Crippen LogP contribution in [0.3, 0.4) is 0 Å². The van der Waals surface area contributed by atoms with Gasteiger partial charge in [0.2, 0.25) is 5.95 Å². The van der Waals surface area contributed by atoms with Gasteiger partial charge in [-0.3, -0.25) is 5.10 Å². The summed E-state index contributed by atoms with van der Waals surface area (Å²) in [6, 6.07) is 7.34. The summed E-state index contributed by atoms with van der Waals surface area (Å²) in [5, 5.41) is 15.5. The average Bonchev–Trinajstić information content (AvgIpc) is 3.45. The van der Waals surface area contributed by atoms with Crippen molar-refractivity contribution in [3.8, 4) is 17.0 Å². The van der Waals surface area contributed by atoms with Crippen LogP contribution >= 0.6 is 0 Å². The second kappa shape index (κ2) is 8.45. The van der Waals surface area contributed by atoms with Crippen molar-refractivity contribution in [1.82, 2.24) is 29.9 Å². The number of rotatable bonds is 6. The molecule has 0 aliphatic heterocycles. The Morgan fingerprint density at radius 2 is 1.97 bits per heavy atom. The van der Waals surface area contributed by atoms with Crippen LogP contribution in [0.15, 0.2) is 41.4 Å². The maximum absolute atomic E-state index is 14.3. The molecule has 0 atom stereocenters. The third-order valence-corrected chi connectivity index (χ3v) is 6.85. The van der Waals surface area contributed by atoms with Crippen molar-refractivity contribution < 1.29 is 17.5 Å². The van der Waals surface area contributed by atoms with Crippen LogP contribution in [0, 0.1) is 5.82 Å². The summed E-state index contributed by atoms with van der Waals surface area (Å²) >= 11 is 0. The SMILES string of the molecule is COc1cc(S(C)(=O)=O)ccc1Nc1nc(N)c2c(-c3ccc(F)c4[nH]ncc34)nn(C(C)C)c2n1. The maximum Gasteiger partial charge on any atom is 0.231 e. The number of anilines is 3. The monoisotopic (exact) mass is 510 g/mol. The van der Waals surface area contributed by atoms with Crippen molar-refractivity contribution in [3.63, 3.8) is 0 Å². The number of aromatic nitrogens is 6. The summed E-state index contributed by atoms with van der Waals surface area (Å²) < 4.78 is 45.2. The summed E-state index contributed by atoms with van der Waals surface area (Å²) in [5.41, 5.74) is 8.75. The number of sulfone groups is 1. The molecule has 11 nitrogen and oxygen atoms in total. The first-order valence-corrected chi connectivity index (χ1v) is 12.8. The number of H-pyrrole nitrogens is 1. The number of nitrogens with two attached hydrogens (primary N) is 1. The zero-order valence-corrected chi connectivity index (χ0v) is 20.7. The molecule has 0 aliphatic carbocycles. The molecule has 0 saturated heterocycles. The van der Waals surface area contributed by atoms with Gasteiger partial charge in [-0.2, -0.15) is 20.2 Å². The van der Waals surface area contributed by atoms with Gasteiger partial charge in [-0.25, -0.2) is 17.5 Å². The first-order chi connectivity index (χ1) is 17.1.